The Hall–Kier alpha value is -0.570. The van der Waals surface area contributed by atoms with Crippen molar-refractivity contribution in [2.45, 2.75) is 50.7 Å². The SMILES string of the molecule is O[C@H](c1ccc(Cl)cc1)[C@H]1CCCC[C@H]1N1CCCC1. The maximum absolute atomic E-state index is 10.8. The number of aliphatic hydroxyl groups is 1. The number of hydrogen-bond donors (Lipinski definition) is 1. The summed E-state index contributed by atoms with van der Waals surface area (Å²) in [4.78, 5) is 2.61. The zero-order valence-electron chi connectivity index (χ0n) is 12.0. The first-order valence-electron chi connectivity index (χ1n) is 7.93. The average Bonchev–Trinajstić information content (AvgIpc) is 3.01. The van der Waals surface area contributed by atoms with E-state index < -0.39 is 0 Å². The van der Waals surface area contributed by atoms with E-state index >= 15 is 0 Å². The maximum atomic E-state index is 10.8. The Bertz CT molecular complexity index is 427. The van der Waals surface area contributed by atoms with Gasteiger partial charge in [0, 0.05) is 17.0 Å². The standard InChI is InChI=1S/C17H24ClNO/c18-14-9-7-13(8-10-14)17(20)15-5-1-2-6-16(15)19-11-3-4-12-19/h7-10,15-17,20H,1-6,11-12H2/t15-,16+,17+/m0/s1. The van der Waals surface area contributed by atoms with Crippen molar-refractivity contribution in [1.29, 1.82) is 0 Å². The summed E-state index contributed by atoms with van der Waals surface area (Å²) in [7, 11) is 0. The minimum atomic E-state index is -0.349. The molecule has 20 heavy (non-hydrogen) atoms. The van der Waals surface area contributed by atoms with Crippen LogP contribution in [0.25, 0.3) is 0 Å². The molecular weight excluding hydrogens is 270 g/mol. The van der Waals surface area contributed by atoms with Crippen molar-refractivity contribution >= 4 is 11.6 Å². The normalized spacial score (nSPS) is 29.5. The van der Waals surface area contributed by atoms with Crippen molar-refractivity contribution in [3.8, 4) is 0 Å². The third-order valence-electron chi connectivity index (χ3n) is 5.01. The van der Waals surface area contributed by atoms with Gasteiger partial charge in [-0.05, 0) is 56.5 Å². The Morgan fingerprint density at radius 2 is 1.65 bits per heavy atom. The van der Waals surface area contributed by atoms with Crippen molar-refractivity contribution in [3.05, 3.63) is 34.9 Å². The van der Waals surface area contributed by atoms with Gasteiger partial charge in [-0.25, -0.2) is 0 Å². The molecule has 1 N–H and O–H groups in total. The molecule has 1 aliphatic carbocycles. The van der Waals surface area contributed by atoms with Gasteiger partial charge in [-0.1, -0.05) is 36.6 Å². The third kappa shape index (κ3) is 3.03. The van der Waals surface area contributed by atoms with Crippen molar-refractivity contribution in [3.63, 3.8) is 0 Å². The van der Waals surface area contributed by atoms with Gasteiger partial charge < -0.3 is 10.0 Å². The first-order valence-corrected chi connectivity index (χ1v) is 8.31. The molecule has 2 nitrogen and oxygen atoms in total. The second kappa shape index (κ2) is 6.46. The van der Waals surface area contributed by atoms with E-state index in [0.29, 0.717) is 12.0 Å². The number of nitrogens with zero attached hydrogens (tertiary/aromatic N) is 1. The fourth-order valence-corrected chi connectivity index (χ4v) is 4.07. The van der Waals surface area contributed by atoms with E-state index in [-0.39, 0.29) is 6.10 Å². The van der Waals surface area contributed by atoms with Gasteiger partial charge in [0.25, 0.3) is 0 Å². The smallest absolute Gasteiger partial charge is 0.0833 e. The van der Waals surface area contributed by atoms with E-state index in [9.17, 15) is 5.11 Å². The van der Waals surface area contributed by atoms with Gasteiger partial charge in [-0.2, -0.15) is 0 Å². The van der Waals surface area contributed by atoms with Crippen LogP contribution in [0.2, 0.25) is 5.02 Å². The van der Waals surface area contributed by atoms with Gasteiger partial charge in [0.05, 0.1) is 6.10 Å². The molecule has 1 aromatic carbocycles. The molecule has 3 heteroatoms. The number of rotatable bonds is 3. The molecule has 3 atom stereocenters. The van der Waals surface area contributed by atoms with Crippen molar-refractivity contribution in [2.24, 2.45) is 5.92 Å². The van der Waals surface area contributed by atoms with E-state index in [4.69, 9.17) is 11.6 Å². The van der Waals surface area contributed by atoms with E-state index in [1.807, 2.05) is 24.3 Å². The second-order valence-corrected chi connectivity index (χ2v) is 6.69. The molecule has 3 rings (SSSR count). The molecule has 1 saturated carbocycles. The summed E-state index contributed by atoms with van der Waals surface area (Å²) >= 11 is 5.94. The van der Waals surface area contributed by atoms with Crippen LogP contribution in [0.5, 0.6) is 0 Å². The number of hydrogen-bond acceptors (Lipinski definition) is 2. The lowest BCUT2D eigenvalue weighted by Gasteiger charge is -2.40. The summed E-state index contributed by atoms with van der Waals surface area (Å²) in [5.41, 5.74) is 1.02. The van der Waals surface area contributed by atoms with Crippen molar-refractivity contribution < 1.29 is 5.11 Å². The van der Waals surface area contributed by atoms with E-state index in [1.54, 1.807) is 0 Å². The Kier molecular flexibility index (Phi) is 4.65. The zero-order chi connectivity index (χ0) is 13.9. The molecule has 1 aliphatic heterocycles. The highest BCUT2D eigenvalue weighted by atomic mass is 35.5. The summed E-state index contributed by atoms with van der Waals surface area (Å²) in [6.45, 7) is 2.43. The molecule has 1 saturated heterocycles. The number of aliphatic hydroxyl groups excluding tert-OH is 1. The van der Waals surface area contributed by atoms with Crippen LogP contribution in [0.4, 0.5) is 0 Å². The molecule has 2 fully saturated rings. The lowest BCUT2D eigenvalue weighted by molar-refractivity contribution is 0.0195. The number of halogens is 1. The van der Waals surface area contributed by atoms with Crippen LogP contribution in [0.3, 0.4) is 0 Å². The molecule has 1 aromatic rings. The highest BCUT2D eigenvalue weighted by Gasteiger charge is 2.36. The highest BCUT2D eigenvalue weighted by Crippen LogP contribution is 2.38. The van der Waals surface area contributed by atoms with Crippen LogP contribution >= 0.6 is 11.6 Å². The Morgan fingerprint density at radius 3 is 2.35 bits per heavy atom. The largest absolute Gasteiger partial charge is 0.388 e. The third-order valence-corrected chi connectivity index (χ3v) is 5.26. The fraction of sp³-hybridized carbons (Fsp3) is 0.647. The topological polar surface area (TPSA) is 23.5 Å². The number of likely N-dealkylation sites (tertiary alicyclic amines) is 1. The van der Waals surface area contributed by atoms with E-state index in [1.165, 1.54) is 45.2 Å². The van der Waals surface area contributed by atoms with Gasteiger partial charge in [0.15, 0.2) is 0 Å². The summed E-state index contributed by atoms with van der Waals surface area (Å²) in [6.07, 6.45) is 7.24. The predicted octanol–water partition coefficient (Wildman–Crippen LogP) is 4.03. The predicted molar refractivity (Wildman–Crippen MR) is 83.0 cm³/mol. The summed E-state index contributed by atoms with van der Waals surface area (Å²) in [5, 5.41) is 11.5. The van der Waals surface area contributed by atoms with Gasteiger partial charge in [-0.15, -0.1) is 0 Å². The van der Waals surface area contributed by atoms with E-state index in [2.05, 4.69) is 4.90 Å². The lowest BCUT2D eigenvalue weighted by atomic mass is 9.78. The van der Waals surface area contributed by atoms with Gasteiger partial charge in [-0.3, -0.25) is 0 Å². The molecule has 0 aromatic heterocycles. The highest BCUT2D eigenvalue weighted by molar-refractivity contribution is 6.30. The van der Waals surface area contributed by atoms with Crippen molar-refractivity contribution in [2.75, 3.05) is 13.1 Å². The average molecular weight is 294 g/mol. The van der Waals surface area contributed by atoms with Crippen LogP contribution in [-0.4, -0.2) is 29.1 Å². The minimum absolute atomic E-state index is 0.349. The monoisotopic (exact) mass is 293 g/mol. The fourth-order valence-electron chi connectivity index (χ4n) is 3.94. The quantitative estimate of drug-likeness (QED) is 0.909. The van der Waals surface area contributed by atoms with E-state index in [0.717, 1.165) is 17.0 Å². The lowest BCUT2D eigenvalue weighted by Crippen LogP contribution is -2.43. The molecule has 0 bridgehead atoms. The summed E-state index contributed by atoms with van der Waals surface area (Å²) < 4.78 is 0. The minimum Gasteiger partial charge on any atom is -0.388 e. The molecule has 110 valence electrons. The van der Waals surface area contributed by atoms with Gasteiger partial charge in [0.2, 0.25) is 0 Å². The Labute approximate surface area is 126 Å². The summed E-state index contributed by atoms with van der Waals surface area (Å²) in [6, 6.07) is 8.28. The first-order chi connectivity index (χ1) is 9.75. The van der Waals surface area contributed by atoms with Crippen LogP contribution in [-0.2, 0) is 0 Å². The summed E-state index contributed by atoms with van der Waals surface area (Å²) in [5.74, 6) is 0.378. The van der Waals surface area contributed by atoms with Crippen LogP contribution in [0.15, 0.2) is 24.3 Å². The Morgan fingerprint density at radius 1 is 1.00 bits per heavy atom. The van der Waals surface area contributed by atoms with Gasteiger partial charge >= 0.3 is 0 Å². The molecule has 0 radical (unpaired) electrons. The number of benzene rings is 1. The molecular formula is C17H24ClNO. The van der Waals surface area contributed by atoms with Crippen LogP contribution < -0.4 is 0 Å². The molecule has 2 aliphatic rings. The van der Waals surface area contributed by atoms with Gasteiger partial charge in [0.1, 0.15) is 0 Å². The maximum Gasteiger partial charge on any atom is 0.0833 e. The molecule has 0 spiro atoms. The zero-order valence-corrected chi connectivity index (χ0v) is 12.7. The Balaban J connectivity index is 1.76. The van der Waals surface area contributed by atoms with Crippen LogP contribution in [0, 0.1) is 5.92 Å². The molecule has 0 unspecified atom stereocenters. The first kappa shape index (κ1) is 14.4. The van der Waals surface area contributed by atoms with Crippen molar-refractivity contribution in [1.82, 2.24) is 4.90 Å². The second-order valence-electron chi connectivity index (χ2n) is 6.26. The van der Waals surface area contributed by atoms with Crippen LogP contribution in [0.1, 0.15) is 50.2 Å². The molecule has 1 heterocycles. The molecule has 0 amide bonds.